The molecule has 0 bridgehead atoms. The zero-order valence-corrected chi connectivity index (χ0v) is 12.6. The summed E-state index contributed by atoms with van der Waals surface area (Å²) in [5.41, 5.74) is 2.57. The largest absolute Gasteiger partial charge is 0.481 e. The molecule has 0 aromatic carbocycles. The number of pyridine rings is 1. The van der Waals surface area contributed by atoms with Crippen LogP contribution in [0.2, 0.25) is 0 Å². The highest BCUT2D eigenvalue weighted by molar-refractivity contribution is 7.99. The maximum Gasteiger partial charge on any atom is 0.313 e. The van der Waals surface area contributed by atoms with Gasteiger partial charge in [0.15, 0.2) is 10.8 Å². The number of carboxylic acid groups (broad SMARTS) is 1. The molecule has 0 saturated carbocycles. The molecule has 1 unspecified atom stereocenters. The van der Waals surface area contributed by atoms with Gasteiger partial charge in [0.25, 0.3) is 0 Å². The SMILES string of the molecule is Cc1ccc2nc(SCC(=O)O)n(CC3CCOC3)c2n1. The number of nitrogens with zero attached hydrogens (tertiary/aromatic N) is 3. The molecule has 7 heteroatoms. The predicted octanol–water partition coefficient (Wildman–Crippen LogP) is 1.95. The van der Waals surface area contributed by atoms with Crippen LogP contribution in [0.25, 0.3) is 11.2 Å². The van der Waals surface area contributed by atoms with E-state index < -0.39 is 5.97 Å². The Morgan fingerprint density at radius 1 is 1.52 bits per heavy atom. The summed E-state index contributed by atoms with van der Waals surface area (Å²) in [6.45, 7) is 4.25. The van der Waals surface area contributed by atoms with Crippen LogP contribution >= 0.6 is 11.8 Å². The van der Waals surface area contributed by atoms with Crippen LogP contribution in [0.4, 0.5) is 0 Å². The maximum atomic E-state index is 10.8. The standard InChI is InChI=1S/C14H17N3O3S/c1-9-2-3-11-13(15-9)17(6-10-4-5-20-7-10)14(16-11)21-8-12(18)19/h2-3,10H,4-8H2,1H3,(H,18,19). The van der Waals surface area contributed by atoms with Crippen molar-refractivity contribution in [3.8, 4) is 0 Å². The number of thioether (sulfide) groups is 1. The molecule has 3 heterocycles. The van der Waals surface area contributed by atoms with Crippen LogP contribution in [-0.4, -0.2) is 44.6 Å². The molecule has 1 atom stereocenters. The van der Waals surface area contributed by atoms with Crippen LogP contribution < -0.4 is 0 Å². The molecule has 112 valence electrons. The highest BCUT2D eigenvalue weighted by Crippen LogP contribution is 2.26. The predicted molar refractivity (Wildman–Crippen MR) is 79.6 cm³/mol. The lowest BCUT2D eigenvalue weighted by molar-refractivity contribution is -0.133. The van der Waals surface area contributed by atoms with E-state index in [4.69, 9.17) is 9.84 Å². The van der Waals surface area contributed by atoms with Gasteiger partial charge in [0.1, 0.15) is 5.52 Å². The van der Waals surface area contributed by atoms with Crippen molar-refractivity contribution in [1.82, 2.24) is 14.5 Å². The van der Waals surface area contributed by atoms with Gasteiger partial charge in [-0.05, 0) is 25.5 Å². The van der Waals surface area contributed by atoms with Gasteiger partial charge in [0.2, 0.25) is 0 Å². The van der Waals surface area contributed by atoms with Crippen molar-refractivity contribution in [3.05, 3.63) is 17.8 Å². The lowest BCUT2D eigenvalue weighted by Crippen LogP contribution is -2.12. The van der Waals surface area contributed by atoms with Crippen LogP contribution in [0.1, 0.15) is 12.1 Å². The van der Waals surface area contributed by atoms with E-state index >= 15 is 0 Å². The van der Waals surface area contributed by atoms with Crippen molar-refractivity contribution < 1.29 is 14.6 Å². The summed E-state index contributed by atoms with van der Waals surface area (Å²) in [6, 6.07) is 3.86. The molecule has 6 nitrogen and oxygen atoms in total. The second-order valence-electron chi connectivity index (χ2n) is 5.21. The third kappa shape index (κ3) is 3.19. The number of aliphatic carboxylic acids is 1. The van der Waals surface area contributed by atoms with Gasteiger partial charge in [-0.1, -0.05) is 11.8 Å². The molecule has 0 radical (unpaired) electrons. The molecule has 1 aliphatic rings. The monoisotopic (exact) mass is 307 g/mol. The average Bonchev–Trinajstić information content (AvgIpc) is 3.06. The van der Waals surface area contributed by atoms with E-state index in [-0.39, 0.29) is 5.75 Å². The number of aromatic nitrogens is 3. The van der Waals surface area contributed by atoms with Gasteiger partial charge in [-0.3, -0.25) is 4.79 Å². The highest BCUT2D eigenvalue weighted by atomic mass is 32.2. The van der Waals surface area contributed by atoms with Gasteiger partial charge in [0, 0.05) is 24.8 Å². The van der Waals surface area contributed by atoms with Gasteiger partial charge in [-0.25, -0.2) is 9.97 Å². The topological polar surface area (TPSA) is 77.2 Å². The maximum absolute atomic E-state index is 10.8. The summed E-state index contributed by atoms with van der Waals surface area (Å²) in [5, 5.41) is 9.60. The van der Waals surface area contributed by atoms with Crippen LogP contribution in [0, 0.1) is 12.8 Å². The molecule has 1 aliphatic heterocycles. The van der Waals surface area contributed by atoms with Gasteiger partial charge in [-0.15, -0.1) is 0 Å². The Balaban J connectivity index is 1.96. The minimum atomic E-state index is -0.841. The second kappa shape index (κ2) is 6.03. The first-order valence-corrected chi connectivity index (χ1v) is 7.88. The average molecular weight is 307 g/mol. The number of hydrogen-bond donors (Lipinski definition) is 1. The number of fused-ring (bicyclic) bond motifs is 1. The van der Waals surface area contributed by atoms with E-state index in [0.717, 1.165) is 48.2 Å². The fourth-order valence-corrected chi connectivity index (χ4v) is 3.19. The van der Waals surface area contributed by atoms with Crippen LogP contribution in [0.3, 0.4) is 0 Å². The molecule has 0 aliphatic carbocycles. The summed E-state index contributed by atoms with van der Waals surface area (Å²) in [5.74, 6) is -0.399. The van der Waals surface area contributed by atoms with Crippen LogP contribution in [-0.2, 0) is 16.1 Å². The van der Waals surface area contributed by atoms with Crippen LogP contribution in [0.15, 0.2) is 17.3 Å². The number of carboxylic acids is 1. The van der Waals surface area contributed by atoms with Crippen molar-refractivity contribution in [2.75, 3.05) is 19.0 Å². The van der Waals surface area contributed by atoms with E-state index in [9.17, 15) is 4.79 Å². The number of aryl methyl sites for hydroxylation is 1. The Morgan fingerprint density at radius 3 is 3.10 bits per heavy atom. The van der Waals surface area contributed by atoms with E-state index in [0.29, 0.717) is 5.92 Å². The van der Waals surface area contributed by atoms with E-state index in [1.165, 1.54) is 11.8 Å². The van der Waals surface area contributed by atoms with Gasteiger partial charge < -0.3 is 14.4 Å². The number of rotatable bonds is 5. The first-order chi connectivity index (χ1) is 10.1. The summed E-state index contributed by atoms with van der Waals surface area (Å²) >= 11 is 1.24. The number of hydrogen-bond acceptors (Lipinski definition) is 5. The Morgan fingerprint density at radius 2 is 2.38 bits per heavy atom. The molecule has 0 amide bonds. The minimum absolute atomic E-state index is 0.00344. The molecule has 3 rings (SSSR count). The summed E-state index contributed by atoms with van der Waals surface area (Å²) < 4.78 is 7.46. The summed E-state index contributed by atoms with van der Waals surface area (Å²) in [6.07, 6.45) is 1.02. The van der Waals surface area contributed by atoms with Crippen molar-refractivity contribution in [2.24, 2.45) is 5.92 Å². The Hall–Kier alpha value is -1.60. The van der Waals surface area contributed by atoms with Gasteiger partial charge in [-0.2, -0.15) is 0 Å². The van der Waals surface area contributed by atoms with Crippen molar-refractivity contribution >= 4 is 28.9 Å². The van der Waals surface area contributed by atoms with E-state index in [2.05, 4.69) is 9.97 Å². The van der Waals surface area contributed by atoms with Crippen molar-refractivity contribution in [1.29, 1.82) is 0 Å². The molecular formula is C14H17N3O3S. The first kappa shape index (κ1) is 14.3. The molecule has 2 aromatic heterocycles. The summed E-state index contributed by atoms with van der Waals surface area (Å²) in [4.78, 5) is 19.9. The van der Waals surface area contributed by atoms with Crippen molar-refractivity contribution in [2.45, 2.75) is 25.0 Å². The lowest BCUT2D eigenvalue weighted by atomic mass is 10.1. The van der Waals surface area contributed by atoms with Crippen LogP contribution in [0.5, 0.6) is 0 Å². The Labute approximate surface area is 126 Å². The minimum Gasteiger partial charge on any atom is -0.481 e. The molecule has 0 spiro atoms. The fourth-order valence-electron chi connectivity index (χ4n) is 2.46. The molecular weight excluding hydrogens is 290 g/mol. The van der Waals surface area contributed by atoms with E-state index in [1.54, 1.807) is 0 Å². The number of imidazole rings is 1. The zero-order chi connectivity index (χ0) is 14.8. The molecule has 1 saturated heterocycles. The normalized spacial score (nSPS) is 18.4. The van der Waals surface area contributed by atoms with Crippen molar-refractivity contribution in [3.63, 3.8) is 0 Å². The quantitative estimate of drug-likeness (QED) is 0.851. The second-order valence-corrected chi connectivity index (χ2v) is 6.15. The number of ether oxygens (including phenoxy) is 1. The Bertz CT molecular complexity index is 665. The molecule has 1 fully saturated rings. The van der Waals surface area contributed by atoms with Gasteiger partial charge in [0.05, 0.1) is 12.4 Å². The zero-order valence-electron chi connectivity index (χ0n) is 11.8. The molecule has 21 heavy (non-hydrogen) atoms. The third-order valence-electron chi connectivity index (χ3n) is 3.49. The van der Waals surface area contributed by atoms with E-state index in [1.807, 2.05) is 23.6 Å². The first-order valence-electron chi connectivity index (χ1n) is 6.89. The molecule has 2 aromatic rings. The Kier molecular flexibility index (Phi) is 4.12. The summed E-state index contributed by atoms with van der Waals surface area (Å²) in [7, 11) is 0. The third-order valence-corrected chi connectivity index (χ3v) is 4.45. The fraction of sp³-hybridized carbons (Fsp3) is 0.500. The smallest absolute Gasteiger partial charge is 0.313 e. The number of carbonyl (C=O) groups is 1. The lowest BCUT2D eigenvalue weighted by Gasteiger charge is -2.12. The highest BCUT2D eigenvalue weighted by Gasteiger charge is 2.21. The molecule has 1 N–H and O–H groups in total. The van der Waals surface area contributed by atoms with Gasteiger partial charge >= 0.3 is 5.97 Å².